The normalized spacial score (nSPS) is 17.9. The Morgan fingerprint density at radius 2 is 2.05 bits per heavy atom. The number of hydrogen-bond acceptors (Lipinski definition) is 4. The third-order valence-corrected chi connectivity index (χ3v) is 5.58. The minimum Gasteiger partial charge on any atom is -0.478 e. The molecule has 0 radical (unpaired) electrons. The molecule has 1 fully saturated rings. The number of carboxylic acids is 1. The highest BCUT2D eigenvalue weighted by molar-refractivity contribution is 7.11. The average molecular weight is 322 g/mol. The first-order valence-electron chi connectivity index (χ1n) is 7.90. The number of thiophene rings is 1. The smallest absolute Gasteiger partial charge is 0.336 e. The lowest BCUT2D eigenvalue weighted by atomic mass is 10.0. The maximum Gasteiger partial charge on any atom is 0.336 e. The molecular formula is C17H26N2O2S. The maximum atomic E-state index is 11.2. The lowest BCUT2D eigenvalue weighted by molar-refractivity contribution is 0.0696. The van der Waals surface area contributed by atoms with Crippen LogP contribution in [-0.4, -0.2) is 60.6 Å². The van der Waals surface area contributed by atoms with Crippen LogP contribution < -0.4 is 0 Å². The number of piperazine rings is 1. The number of carboxylic acid groups (broad SMARTS) is 1. The third-order valence-electron chi connectivity index (χ3n) is 4.43. The fourth-order valence-electron chi connectivity index (χ4n) is 2.90. The van der Waals surface area contributed by atoms with Crippen LogP contribution in [0.3, 0.4) is 0 Å². The Labute approximate surface area is 137 Å². The number of nitrogens with zero attached hydrogens (tertiary/aromatic N) is 2. The molecule has 1 aliphatic rings. The quantitative estimate of drug-likeness (QED) is 0.873. The predicted octanol–water partition coefficient (Wildman–Crippen LogP) is 3.19. The Kier molecular flexibility index (Phi) is 6.17. The van der Waals surface area contributed by atoms with Crippen molar-refractivity contribution in [3.05, 3.63) is 27.5 Å². The molecule has 4 nitrogen and oxygen atoms in total. The molecule has 122 valence electrons. The average Bonchev–Trinajstić information content (AvgIpc) is 2.87. The summed E-state index contributed by atoms with van der Waals surface area (Å²) in [6.07, 6.45) is 4.28. The SMILES string of the molecule is C/C=C(/CCCN1CCN(C)CC1)c1scc(C(=O)O)c1C. The monoisotopic (exact) mass is 322 g/mol. The van der Waals surface area contributed by atoms with Gasteiger partial charge in [-0.05, 0) is 51.4 Å². The van der Waals surface area contributed by atoms with E-state index < -0.39 is 5.97 Å². The Bertz CT molecular complexity index is 543. The molecule has 2 heterocycles. The van der Waals surface area contributed by atoms with Crippen LogP contribution in [0.4, 0.5) is 0 Å². The summed E-state index contributed by atoms with van der Waals surface area (Å²) in [5.74, 6) is -0.826. The third kappa shape index (κ3) is 4.18. The summed E-state index contributed by atoms with van der Waals surface area (Å²) < 4.78 is 0. The lowest BCUT2D eigenvalue weighted by Gasteiger charge is -2.32. The summed E-state index contributed by atoms with van der Waals surface area (Å²) in [7, 11) is 2.18. The standard InChI is InChI=1S/C17H26N2O2S/c1-4-14(16-13(2)15(12-22-16)17(20)21)6-5-7-19-10-8-18(3)9-11-19/h4,12H,5-11H2,1-3H3,(H,20,21)/b14-4-. The topological polar surface area (TPSA) is 43.8 Å². The molecule has 0 bridgehead atoms. The second-order valence-electron chi connectivity index (χ2n) is 5.97. The van der Waals surface area contributed by atoms with Gasteiger partial charge in [-0.1, -0.05) is 6.08 Å². The van der Waals surface area contributed by atoms with Crippen molar-refractivity contribution in [3.8, 4) is 0 Å². The van der Waals surface area contributed by atoms with E-state index in [0.29, 0.717) is 5.56 Å². The van der Waals surface area contributed by atoms with E-state index >= 15 is 0 Å². The van der Waals surface area contributed by atoms with Gasteiger partial charge in [0.1, 0.15) is 0 Å². The van der Waals surface area contributed by atoms with Crippen molar-refractivity contribution in [2.24, 2.45) is 0 Å². The zero-order valence-corrected chi connectivity index (χ0v) is 14.6. The number of likely N-dealkylation sites (N-methyl/N-ethyl adjacent to an activating group) is 1. The van der Waals surface area contributed by atoms with Crippen molar-refractivity contribution in [2.75, 3.05) is 39.8 Å². The lowest BCUT2D eigenvalue weighted by Crippen LogP contribution is -2.44. The van der Waals surface area contributed by atoms with Crippen molar-refractivity contribution in [1.29, 1.82) is 0 Å². The van der Waals surface area contributed by atoms with Crippen LogP contribution in [0.5, 0.6) is 0 Å². The van der Waals surface area contributed by atoms with E-state index in [4.69, 9.17) is 0 Å². The zero-order valence-electron chi connectivity index (χ0n) is 13.8. The largest absolute Gasteiger partial charge is 0.478 e. The van der Waals surface area contributed by atoms with Crippen molar-refractivity contribution in [1.82, 2.24) is 9.80 Å². The number of carbonyl (C=O) groups is 1. The van der Waals surface area contributed by atoms with E-state index in [9.17, 15) is 9.90 Å². The molecule has 5 heteroatoms. The van der Waals surface area contributed by atoms with Gasteiger partial charge in [-0.2, -0.15) is 0 Å². The molecule has 1 aliphatic heterocycles. The Morgan fingerprint density at radius 1 is 1.36 bits per heavy atom. The summed E-state index contributed by atoms with van der Waals surface area (Å²) in [6, 6.07) is 0. The Morgan fingerprint density at radius 3 is 2.59 bits per heavy atom. The fourth-order valence-corrected chi connectivity index (χ4v) is 4.07. The van der Waals surface area contributed by atoms with Gasteiger partial charge in [0.2, 0.25) is 0 Å². The van der Waals surface area contributed by atoms with E-state index in [0.717, 1.165) is 56.0 Å². The number of allylic oxidation sites excluding steroid dienone is 2. The first-order chi connectivity index (χ1) is 10.5. The Hall–Kier alpha value is -1.17. The molecule has 2 rings (SSSR count). The molecule has 22 heavy (non-hydrogen) atoms. The first kappa shape index (κ1) is 17.2. The summed E-state index contributed by atoms with van der Waals surface area (Å²) >= 11 is 1.55. The van der Waals surface area contributed by atoms with Gasteiger partial charge in [0.15, 0.2) is 0 Å². The number of hydrogen-bond donors (Lipinski definition) is 1. The molecule has 0 unspecified atom stereocenters. The van der Waals surface area contributed by atoms with Gasteiger partial charge in [-0.15, -0.1) is 11.3 Å². The van der Waals surface area contributed by atoms with Crippen LogP contribution in [0.1, 0.15) is 40.6 Å². The van der Waals surface area contributed by atoms with Crippen molar-refractivity contribution in [2.45, 2.75) is 26.7 Å². The molecule has 0 aromatic carbocycles. The molecule has 1 saturated heterocycles. The van der Waals surface area contributed by atoms with Crippen molar-refractivity contribution >= 4 is 22.9 Å². The van der Waals surface area contributed by atoms with E-state index in [2.05, 4.69) is 22.9 Å². The van der Waals surface area contributed by atoms with Crippen LogP contribution in [0, 0.1) is 6.92 Å². The summed E-state index contributed by atoms with van der Waals surface area (Å²) in [5.41, 5.74) is 2.63. The molecule has 0 atom stereocenters. The molecule has 0 spiro atoms. The maximum absolute atomic E-state index is 11.2. The van der Waals surface area contributed by atoms with Crippen molar-refractivity contribution < 1.29 is 9.90 Å². The first-order valence-corrected chi connectivity index (χ1v) is 8.78. The van der Waals surface area contributed by atoms with Gasteiger partial charge in [-0.25, -0.2) is 4.79 Å². The second-order valence-corrected chi connectivity index (χ2v) is 6.85. The van der Waals surface area contributed by atoms with Crippen LogP contribution >= 0.6 is 11.3 Å². The molecule has 0 aliphatic carbocycles. The van der Waals surface area contributed by atoms with Crippen molar-refractivity contribution in [3.63, 3.8) is 0 Å². The van der Waals surface area contributed by atoms with Crippen LogP contribution in [0.25, 0.3) is 5.57 Å². The van der Waals surface area contributed by atoms with Gasteiger partial charge < -0.3 is 14.9 Å². The van der Waals surface area contributed by atoms with Gasteiger partial charge in [-0.3, -0.25) is 0 Å². The van der Waals surface area contributed by atoms with Crippen LogP contribution in [0.15, 0.2) is 11.5 Å². The molecule has 0 amide bonds. The highest BCUT2D eigenvalue weighted by Gasteiger charge is 2.17. The summed E-state index contributed by atoms with van der Waals surface area (Å²) in [5, 5.41) is 10.9. The highest BCUT2D eigenvalue weighted by Crippen LogP contribution is 2.31. The van der Waals surface area contributed by atoms with E-state index in [-0.39, 0.29) is 0 Å². The van der Waals surface area contributed by atoms with E-state index in [1.807, 2.05) is 13.8 Å². The molecule has 0 saturated carbocycles. The highest BCUT2D eigenvalue weighted by atomic mass is 32.1. The minimum absolute atomic E-state index is 0.443. The summed E-state index contributed by atoms with van der Waals surface area (Å²) in [6.45, 7) is 9.71. The number of aromatic carboxylic acids is 1. The van der Waals surface area contributed by atoms with Gasteiger partial charge in [0.25, 0.3) is 0 Å². The number of rotatable bonds is 6. The van der Waals surface area contributed by atoms with Gasteiger partial charge in [0, 0.05) is 36.4 Å². The molecule has 1 N–H and O–H groups in total. The Balaban J connectivity index is 1.89. The molecular weight excluding hydrogens is 296 g/mol. The van der Waals surface area contributed by atoms with E-state index in [1.54, 1.807) is 16.7 Å². The minimum atomic E-state index is -0.826. The van der Waals surface area contributed by atoms with E-state index in [1.165, 1.54) is 5.57 Å². The van der Waals surface area contributed by atoms with Crippen LogP contribution in [0.2, 0.25) is 0 Å². The fraction of sp³-hybridized carbons (Fsp3) is 0.588. The zero-order chi connectivity index (χ0) is 16.1. The van der Waals surface area contributed by atoms with Gasteiger partial charge in [0.05, 0.1) is 5.56 Å². The second kappa shape index (κ2) is 7.90. The molecule has 1 aromatic heterocycles. The van der Waals surface area contributed by atoms with Crippen LogP contribution in [-0.2, 0) is 0 Å². The van der Waals surface area contributed by atoms with Gasteiger partial charge >= 0.3 is 5.97 Å². The predicted molar refractivity (Wildman–Crippen MR) is 92.8 cm³/mol. The summed E-state index contributed by atoms with van der Waals surface area (Å²) in [4.78, 5) is 17.2. The molecule has 1 aromatic rings.